The summed E-state index contributed by atoms with van der Waals surface area (Å²) in [6.45, 7) is 3.71. The third-order valence-electron chi connectivity index (χ3n) is 7.76. The Balaban J connectivity index is 1.42. The number of carboxylic acid groups (broad SMARTS) is 1. The molecule has 3 atom stereocenters. The van der Waals surface area contributed by atoms with Crippen molar-refractivity contribution in [3.8, 4) is 17.2 Å². The number of thioether (sulfide) groups is 1. The highest BCUT2D eigenvalue weighted by atomic mass is 32.2. The van der Waals surface area contributed by atoms with Crippen LogP contribution in [0.25, 0.3) is 11.0 Å². The number of hydrogen-bond acceptors (Lipinski definition) is 16. The number of aliphatic carboxylic acids is 1. The molecule has 5 rings (SSSR count). The summed E-state index contributed by atoms with van der Waals surface area (Å²) < 4.78 is 30.1. The Hall–Kier alpha value is -6.57. The maximum absolute atomic E-state index is 13.8. The van der Waals surface area contributed by atoms with E-state index < -0.39 is 76.2 Å². The summed E-state index contributed by atoms with van der Waals surface area (Å²) in [5.41, 5.74) is -1.87. The minimum atomic E-state index is -1.58. The lowest BCUT2D eigenvalue weighted by Gasteiger charge is -2.49. The predicted molar refractivity (Wildman–Crippen MR) is 182 cm³/mol. The fraction of sp³-hybridized carbons (Fsp3) is 0.294. The van der Waals surface area contributed by atoms with Gasteiger partial charge in [0.05, 0.1) is 18.6 Å². The largest absolute Gasteiger partial charge is 0.513 e. The molecule has 1 unspecified atom stereocenters. The van der Waals surface area contributed by atoms with Crippen LogP contribution in [-0.4, -0.2) is 94.1 Å². The van der Waals surface area contributed by atoms with Gasteiger partial charge in [-0.1, -0.05) is 12.1 Å². The molecule has 284 valence electrons. The van der Waals surface area contributed by atoms with Crippen LogP contribution >= 0.6 is 11.8 Å². The molecule has 54 heavy (non-hydrogen) atoms. The third-order valence-corrected chi connectivity index (χ3v) is 9.10. The van der Waals surface area contributed by atoms with Gasteiger partial charge < -0.3 is 48.9 Å². The average molecular weight is 770 g/mol. The van der Waals surface area contributed by atoms with Crippen molar-refractivity contribution >= 4 is 64.7 Å². The van der Waals surface area contributed by atoms with Gasteiger partial charge in [-0.3, -0.25) is 28.9 Å². The quantitative estimate of drug-likeness (QED) is 0.0891. The van der Waals surface area contributed by atoms with Crippen LogP contribution in [0.1, 0.15) is 42.7 Å². The number of rotatable bonds is 12. The second kappa shape index (κ2) is 16.4. The number of aromatic hydroxyl groups is 1. The normalized spacial score (nSPS) is 16.6. The van der Waals surface area contributed by atoms with E-state index in [9.17, 15) is 48.6 Å². The molecule has 3 aromatic rings. The summed E-state index contributed by atoms with van der Waals surface area (Å²) in [6, 6.07) is 4.28. The van der Waals surface area contributed by atoms with Crippen LogP contribution in [0, 0.1) is 0 Å². The van der Waals surface area contributed by atoms with Crippen molar-refractivity contribution in [2.75, 3.05) is 25.6 Å². The van der Waals surface area contributed by atoms with Crippen molar-refractivity contribution < 1.29 is 71.9 Å². The van der Waals surface area contributed by atoms with Crippen molar-refractivity contribution in [3.05, 3.63) is 75.3 Å². The predicted octanol–water partition coefficient (Wildman–Crippen LogP) is 2.34. The van der Waals surface area contributed by atoms with Gasteiger partial charge in [-0.25, -0.2) is 14.4 Å². The number of β-lactam (4-membered cyclic amide) rings is 1. The van der Waals surface area contributed by atoms with E-state index in [1.807, 2.05) is 0 Å². The van der Waals surface area contributed by atoms with Crippen molar-refractivity contribution in [2.45, 2.75) is 38.2 Å². The summed E-state index contributed by atoms with van der Waals surface area (Å²) in [6.07, 6.45) is -1.59. The van der Waals surface area contributed by atoms with Gasteiger partial charge in [0.1, 0.15) is 52.9 Å². The van der Waals surface area contributed by atoms with E-state index in [-0.39, 0.29) is 64.9 Å². The minimum Gasteiger partial charge on any atom is -0.508 e. The molecule has 0 aliphatic carbocycles. The Labute approximate surface area is 308 Å². The highest BCUT2D eigenvalue weighted by Crippen LogP contribution is 2.41. The first-order chi connectivity index (χ1) is 25.7. The molecule has 3 amide bonds. The number of carbonyl (C=O) groups is 7. The Kier molecular flexibility index (Phi) is 11.7. The highest BCUT2D eigenvalue weighted by molar-refractivity contribution is 8.00. The van der Waals surface area contributed by atoms with E-state index in [4.69, 9.17) is 28.1 Å². The molecule has 1 fully saturated rings. The smallest absolute Gasteiger partial charge is 0.508 e. The summed E-state index contributed by atoms with van der Waals surface area (Å²) in [7, 11) is 0. The van der Waals surface area contributed by atoms with E-state index in [2.05, 4.69) is 10.6 Å². The number of phenolic OH excluding ortho intramolecular Hbond substituents is 1. The number of amides is 3. The fourth-order valence-electron chi connectivity index (χ4n) is 5.32. The fourth-order valence-corrected chi connectivity index (χ4v) is 6.65. The number of benzene rings is 2. The first kappa shape index (κ1) is 38.7. The first-order valence-electron chi connectivity index (χ1n) is 16.0. The molecule has 3 heterocycles. The maximum Gasteiger partial charge on any atom is 0.513 e. The number of nitrogens with one attached hydrogen (secondary N) is 2. The SMILES string of the molecule is CCOC(=O)Oc1cc2occ(C(=O)NC(C(=O)N[C@@H]3C(=O)N4C(C(=O)O)=C(COC(C)=O)CS[C@@H]34)c3ccc(O)cc3)c(=O)c2cc1OC(=O)OCC. The lowest BCUT2D eigenvalue weighted by molar-refractivity contribution is -0.151. The summed E-state index contributed by atoms with van der Waals surface area (Å²) in [4.78, 5) is 103. The van der Waals surface area contributed by atoms with E-state index in [0.29, 0.717) is 0 Å². The molecule has 4 N–H and O–H groups in total. The first-order valence-corrected chi connectivity index (χ1v) is 17.0. The standard InChI is InChI=1S/C34H31N3O16S/c1-4-48-33(46)52-22-10-19-21(11-23(22)53-34(47)49-5-2)51-13-20(27(19)40)28(41)35-24(16-6-8-18(39)9-7-16)29(42)36-25-30(43)37-26(32(44)45)17(12-50-15(3)38)14-54-31(25)37/h6-11,13,24-25,31,39H,4-5,12,14H2,1-3H3,(H,35,41)(H,36,42)(H,44,45)/t24?,25-,31+/m1/s1. The average Bonchev–Trinajstić information content (AvgIpc) is 3.12. The number of carbonyl (C=O) groups excluding carboxylic acids is 6. The molecule has 0 radical (unpaired) electrons. The molecule has 1 aromatic heterocycles. The Morgan fingerprint density at radius 1 is 0.963 bits per heavy atom. The van der Waals surface area contributed by atoms with Crippen LogP contribution in [-0.2, 0) is 33.4 Å². The molecule has 0 bridgehead atoms. The number of fused-ring (bicyclic) bond motifs is 2. The van der Waals surface area contributed by atoms with E-state index in [1.165, 1.54) is 38.1 Å². The van der Waals surface area contributed by atoms with Crippen LogP contribution in [0.2, 0.25) is 0 Å². The van der Waals surface area contributed by atoms with Gasteiger partial charge in [0.2, 0.25) is 11.3 Å². The van der Waals surface area contributed by atoms with Crippen LogP contribution in [0.4, 0.5) is 9.59 Å². The van der Waals surface area contributed by atoms with Gasteiger partial charge in [-0.15, -0.1) is 11.8 Å². The summed E-state index contributed by atoms with van der Waals surface area (Å²) in [5.74, 6) is -5.88. The zero-order chi connectivity index (χ0) is 39.3. The van der Waals surface area contributed by atoms with Crippen LogP contribution < -0.4 is 25.5 Å². The zero-order valence-electron chi connectivity index (χ0n) is 28.6. The van der Waals surface area contributed by atoms with Gasteiger partial charge in [0.15, 0.2) is 11.5 Å². The second-order valence-electron chi connectivity index (χ2n) is 11.3. The monoisotopic (exact) mass is 769 g/mol. The molecule has 20 heteroatoms. The van der Waals surface area contributed by atoms with Crippen molar-refractivity contribution in [2.24, 2.45) is 0 Å². The molecular formula is C34H31N3O16S. The number of esters is 1. The van der Waals surface area contributed by atoms with Gasteiger partial charge in [0.25, 0.3) is 11.8 Å². The van der Waals surface area contributed by atoms with Crippen LogP contribution in [0.15, 0.2) is 63.1 Å². The number of ether oxygens (including phenoxy) is 5. The minimum absolute atomic E-state index is 0.0466. The molecule has 1 saturated heterocycles. The summed E-state index contributed by atoms with van der Waals surface area (Å²) >= 11 is 1.11. The van der Waals surface area contributed by atoms with Crippen LogP contribution in [0.5, 0.6) is 17.2 Å². The molecule has 2 aliphatic heterocycles. The van der Waals surface area contributed by atoms with Gasteiger partial charge in [-0.05, 0) is 37.6 Å². The highest BCUT2D eigenvalue weighted by Gasteiger charge is 2.54. The van der Waals surface area contributed by atoms with Gasteiger partial charge in [-0.2, -0.15) is 0 Å². The van der Waals surface area contributed by atoms with Gasteiger partial charge >= 0.3 is 24.2 Å². The number of phenols is 1. The van der Waals surface area contributed by atoms with E-state index >= 15 is 0 Å². The number of hydrogen-bond donors (Lipinski definition) is 4. The molecular weight excluding hydrogens is 738 g/mol. The van der Waals surface area contributed by atoms with Crippen molar-refractivity contribution in [3.63, 3.8) is 0 Å². The zero-order valence-corrected chi connectivity index (χ0v) is 29.4. The lowest BCUT2D eigenvalue weighted by atomic mass is 10.0. The molecule has 2 aliphatic rings. The van der Waals surface area contributed by atoms with Crippen molar-refractivity contribution in [1.29, 1.82) is 0 Å². The van der Waals surface area contributed by atoms with E-state index in [1.54, 1.807) is 0 Å². The van der Waals surface area contributed by atoms with E-state index in [0.717, 1.165) is 42.0 Å². The van der Waals surface area contributed by atoms with Crippen molar-refractivity contribution in [1.82, 2.24) is 15.5 Å². The second-order valence-corrected chi connectivity index (χ2v) is 12.4. The Morgan fingerprint density at radius 2 is 1.59 bits per heavy atom. The Morgan fingerprint density at radius 3 is 2.19 bits per heavy atom. The summed E-state index contributed by atoms with van der Waals surface area (Å²) in [5, 5.41) is 23.5. The maximum atomic E-state index is 13.8. The van der Waals surface area contributed by atoms with Crippen LogP contribution in [0.3, 0.4) is 0 Å². The molecule has 0 saturated carbocycles. The molecule has 19 nitrogen and oxygen atoms in total. The topological polar surface area (TPSA) is 264 Å². The Bertz CT molecular complexity index is 2130. The number of nitrogens with zero attached hydrogens (tertiary/aromatic N) is 1. The van der Waals surface area contributed by atoms with Gasteiger partial charge in [0, 0.05) is 24.3 Å². The molecule has 2 aromatic carbocycles. The lowest BCUT2D eigenvalue weighted by Crippen LogP contribution is -2.71. The third kappa shape index (κ3) is 8.22. The number of carboxylic acids is 1. The molecule has 0 spiro atoms.